The molecule has 1 aliphatic rings. The molecule has 1 rings (SSSR count). The minimum absolute atomic E-state index is 0.115. The van der Waals surface area contributed by atoms with Crippen molar-refractivity contribution in [3.05, 3.63) is 0 Å². The number of rotatable bonds is 7. The van der Waals surface area contributed by atoms with Crippen molar-refractivity contribution in [2.75, 3.05) is 39.3 Å². The minimum atomic E-state index is -0.981. The average molecular weight is 287 g/mol. The summed E-state index contributed by atoms with van der Waals surface area (Å²) in [6.45, 7) is 5.26. The van der Waals surface area contributed by atoms with Gasteiger partial charge in [-0.2, -0.15) is 0 Å². The smallest absolute Gasteiger partial charge is 0.326 e. The maximum atomic E-state index is 12.0. The van der Waals surface area contributed by atoms with Gasteiger partial charge in [0.1, 0.15) is 6.04 Å². The molecule has 7 heteroatoms. The van der Waals surface area contributed by atoms with E-state index in [4.69, 9.17) is 10.2 Å². The number of aliphatic hydroxyl groups is 1. The van der Waals surface area contributed by atoms with Crippen LogP contribution in [0.5, 0.6) is 0 Å². The highest BCUT2D eigenvalue weighted by atomic mass is 16.4. The maximum absolute atomic E-state index is 12.0. The third-order valence-corrected chi connectivity index (χ3v) is 3.52. The fraction of sp³-hybridized carbons (Fsp3) is 0.846. The quantitative estimate of drug-likeness (QED) is 0.610. The van der Waals surface area contributed by atoms with E-state index >= 15 is 0 Å². The van der Waals surface area contributed by atoms with Gasteiger partial charge in [-0.25, -0.2) is 9.59 Å². The molecule has 1 atom stereocenters. The molecule has 1 saturated heterocycles. The van der Waals surface area contributed by atoms with Gasteiger partial charge in [-0.3, -0.25) is 4.90 Å². The molecule has 116 valence electrons. The molecule has 2 amide bonds. The topological polar surface area (TPSA) is 93.1 Å². The summed E-state index contributed by atoms with van der Waals surface area (Å²) in [5.41, 5.74) is 0. The number of β-amino-alcohol motifs (C(OH)–C–C–N with tert-alkyl or cyclic N) is 1. The maximum Gasteiger partial charge on any atom is 0.326 e. The zero-order chi connectivity index (χ0) is 15.0. The third kappa shape index (κ3) is 5.34. The van der Waals surface area contributed by atoms with Gasteiger partial charge in [0, 0.05) is 32.7 Å². The van der Waals surface area contributed by atoms with Gasteiger partial charge >= 0.3 is 12.0 Å². The predicted octanol–water partition coefficient (Wildman–Crippen LogP) is -0.0507. The molecule has 0 spiro atoms. The standard InChI is InChI=1S/C13H25N3O4/c1-2-3-4-11(12(18)19)14-13(20)16-7-5-15(6-8-16)9-10-17/h11,17H,2-10H2,1H3,(H,14,20)(H,18,19). The highest BCUT2D eigenvalue weighted by Gasteiger charge is 2.25. The number of nitrogens with zero attached hydrogens (tertiary/aromatic N) is 2. The predicted molar refractivity (Wildman–Crippen MR) is 74.6 cm³/mol. The Morgan fingerprint density at radius 2 is 1.90 bits per heavy atom. The van der Waals surface area contributed by atoms with Gasteiger partial charge in [-0.15, -0.1) is 0 Å². The first kappa shape index (κ1) is 16.7. The summed E-state index contributed by atoms with van der Waals surface area (Å²) in [6, 6.07) is -1.12. The Kier molecular flexibility index (Phi) is 7.32. The molecular weight excluding hydrogens is 262 g/mol. The fourth-order valence-corrected chi connectivity index (χ4v) is 2.22. The number of unbranched alkanes of at least 4 members (excludes halogenated alkanes) is 1. The molecule has 0 aliphatic carbocycles. The van der Waals surface area contributed by atoms with Gasteiger partial charge in [-0.1, -0.05) is 19.8 Å². The lowest BCUT2D eigenvalue weighted by Crippen LogP contribution is -2.54. The Morgan fingerprint density at radius 3 is 2.40 bits per heavy atom. The number of aliphatic carboxylic acids is 1. The van der Waals surface area contributed by atoms with E-state index in [0.29, 0.717) is 39.1 Å². The first-order valence-corrected chi connectivity index (χ1v) is 7.20. The number of carboxylic acid groups (broad SMARTS) is 1. The number of hydrogen-bond acceptors (Lipinski definition) is 4. The van der Waals surface area contributed by atoms with Crippen LogP contribution in [0, 0.1) is 0 Å². The molecular formula is C13H25N3O4. The lowest BCUT2D eigenvalue weighted by atomic mass is 10.1. The van der Waals surface area contributed by atoms with Gasteiger partial charge in [0.05, 0.1) is 6.61 Å². The van der Waals surface area contributed by atoms with Gasteiger partial charge in [-0.05, 0) is 6.42 Å². The van der Waals surface area contributed by atoms with Crippen LogP contribution in [-0.4, -0.2) is 77.4 Å². The first-order chi connectivity index (χ1) is 9.58. The number of urea groups is 1. The van der Waals surface area contributed by atoms with Crippen molar-refractivity contribution in [3.8, 4) is 0 Å². The van der Waals surface area contributed by atoms with Gasteiger partial charge in [0.25, 0.3) is 0 Å². The molecule has 0 aromatic carbocycles. The van der Waals surface area contributed by atoms with E-state index in [0.717, 1.165) is 12.8 Å². The van der Waals surface area contributed by atoms with Gasteiger partial charge in [0.15, 0.2) is 0 Å². The van der Waals surface area contributed by atoms with E-state index in [-0.39, 0.29) is 12.6 Å². The van der Waals surface area contributed by atoms with Crippen molar-refractivity contribution < 1.29 is 19.8 Å². The molecule has 0 aromatic rings. The zero-order valence-electron chi connectivity index (χ0n) is 12.0. The second kappa shape index (κ2) is 8.76. The molecule has 1 fully saturated rings. The molecule has 0 saturated carbocycles. The summed E-state index contributed by atoms with van der Waals surface area (Å²) in [6.07, 6.45) is 2.14. The highest BCUT2D eigenvalue weighted by Crippen LogP contribution is 2.05. The molecule has 1 unspecified atom stereocenters. The lowest BCUT2D eigenvalue weighted by molar-refractivity contribution is -0.139. The number of aliphatic hydroxyl groups excluding tert-OH is 1. The fourth-order valence-electron chi connectivity index (χ4n) is 2.22. The molecule has 0 radical (unpaired) electrons. The SMILES string of the molecule is CCCCC(NC(=O)N1CCN(CCO)CC1)C(=O)O. The van der Waals surface area contributed by atoms with E-state index in [9.17, 15) is 9.59 Å². The summed E-state index contributed by atoms with van der Waals surface area (Å²) >= 11 is 0. The second-order valence-electron chi connectivity index (χ2n) is 5.03. The van der Waals surface area contributed by atoms with E-state index < -0.39 is 12.0 Å². The Labute approximate surface area is 119 Å². The van der Waals surface area contributed by atoms with E-state index in [1.165, 1.54) is 0 Å². The van der Waals surface area contributed by atoms with Crippen LogP contribution >= 0.6 is 0 Å². The summed E-state index contributed by atoms with van der Waals surface area (Å²) in [7, 11) is 0. The number of carbonyl (C=O) groups excluding carboxylic acids is 1. The molecule has 1 heterocycles. The minimum Gasteiger partial charge on any atom is -0.480 e. The largest absolute Gasteiger partial charge is 0.480 e. The first-order valence-electron chi connectivity index (χ1n) is 7.20. The van der Waals surface area contributed by atoms with Crippen LogP contribution in [0.15, 0.2) is 0 Å². The van der Waals surface area contributed by atoms with Crippen molar-refractivity contribution >= 4 is 12.0 Å². The van der Waals surface area contributed by atoms with Crippen LogP contribution in [0.1, 0.15) is 26.2 Å². The number of carbonyl (C=O) groups is 2. The zero-order valence-corrected chi connectivity index (χ0v) is 12.0. The van der Waals surface area contributed by atoms with Crippen LogP contribution < -0.4 is 5.32 Å². The Bertz CT molecular complexity index is 317. The lowest BCUT2D eigenvalue weighted by Gasteiger charge is -2.34. The summed E-state index contributed by atoms with van der Waals surface area (Å²) in [5, 5.41) is 20.5. The van der Waals surface area contributed by atoms with Gasteiger partial charge < -0.3 is 20.4 Å². The summed E-state index contributed by atoms with van der Waals surface area (Å²) in [4.78, 5) is 26.8. The van der Waals surface area contributed by atoms with Crippen LogP contribution in [0.2, 0.25) is 0 Å². The van der Waals surface area contributed by atoms with Crippen molar-refractivity contribution in [1.29, 1.82) is 0 Å². The second-order valence-corrected chi connectivity index (χ2v) is 5.03. The molecule has 7 nitrogen and oxygen atoms in total. The average Bonchev–Trinajstić information content (AvgIpc) is 2.44. The molecule has 0 bridgehead atoms. The number of hydrogen-bond donors (Lipinski definition) is 3. The Hall–Kier alpha value is -1.34. The number of piperazine rings is 1. The van der Waals surface area contributed by atoms with E-state index in [2.05, 4.69) is 10.2 Å². The normalized spacial score (nSPS) is 17.8. The van der Waals surface area contributed by atoms with E-state index in [1.807, 2.05) is 6.92 Å². The third-order valence-electron chi connectivity index (χ3n) is 3.52. The number of carboxylic acids is 1. The van der Waals surface area contributed by atoms with Crippen molar-refractivity contribution in [2.45, 2.75) is 32.2 Å². The Balaban J connectivity index is 2.39. The van der Waals surface area contributed by atoms with E-state index in [1.54, 1.807) is 4.90 Å². The molecule has 0 aromatic heterocycles. The van der Waals surface area contributed by atoms with Crippen LogP contribution in [0.4, 0.5) is 4.79 Å². The molecule has 1 aliphatic heterocycles. The molecule has 3 N–H and O–H groups in total. The highest BCUT2D eigenvalue weighted by molar-refractivity contribution is 5.82. The monoisotopic (exact) mass is 287 g/mol. The van der Waals surface area contributed by atoms with Crippen molar-refractivity contribution in [2.24, 2.45) is 0 Å². The summed E-state index contributed by atoms with van der Waals surface area (Å²) in [5.74, 6) is -0.981. The van der Waals surface area contributed by atoms with Crippen LogP contribution in [0.25, 0.3) is 0 Å². The van der Waals surface area contributed by atoms with Crippen LogP contribution in [0.3, 0.4) is 0 Å². The van der Waals surface area contributed by atoms with Gasteiger partial charge in [0.2, 0.25) is 0 Å². The van der Waals surface area contributed by atoms with Crippen LogP contribution in [-0.2, 0) is 4.79 Å². The summed E-state index contributed by atoms with van der Waals surface area (Å²) < 4.78 is 0. The number of nitrogens with one attached hydrogen (secondary N) is 1. The Morgan fingerprint density at radius 1 is 1.25 bits per heavy atom. The van der Waals surface area contributed by atoms with Crippen molar-refractivity contribution in [1.82, 2.24) is 15.1 Å². The molecule has 20 heavy (non-hydrogen) atoms. The van der Waals surface area contributed by atoms with Crippen molar-refractivity contribution in [3.63, 3.8) is 0 Å². The number of amides is 2.